The Morgan fingerprint density at radius 3 is 2.68 bits per heavy atom. The number of hydrogen-bond acceptors (Lipinski definition) is 3. The van der Waals surface area contributed by atoms with Crippen molar-refractivity contribution in [2.75, 3.05) is 0 Å². The largest absolute Gasteiger partial charge is 0.296 e. The third kappa shape index (κ3) is 2.62. The van der Waals surface area contributed by atoms with Gasteiger partial charge in [-0.1, -0.05) is 29.5 Å². The van der Waals surface area contributed by atoms with Crippen molar-refractivity contribution in [3.8, 4) is 11.3 Å². The number of aryl methyl sites for hydroxylation is 2. The van der Waals surface area contributed by atoms with Crippen molar-refractivity contribution in [3.63, 3.8) is 0 Å². The molecule has 0 fully saturated rings. The molecule has 0 atom stereocenters. The first kappa shape index (κ1) is 13.2. The lowest BCUT2D eigenvalue weighted by Crippen LogP contribution is -2.04. The molecule has 2 aromatic rings. The number of benzene rings is 1. The summed E-state index contributed by atoms with van der Waals surface area (Å²) in [5.41, 5.74) is 5.43. The highest BCUT2D eigenvalue weighted by Crippen LogP contribution is 2.24. The molecule has 1 heterocycles. The fourth-order valence-corrected chi connectivity index (χ4v) is 1.96. The van der Waals surface area contributed by atoms with Crippen molar-refractivity contribution < 1.29 is 4.79 Å². The molecule has 1 aromatic carbocycles. The molecule has 0 saturated carbocycles. The van der Waals surface area contributed by atoms with Crippen molar-refractivity contribution in [1.82, 2.24) is 15.0 Å². The molecule has 0 aliphatic heterocycles. The lowest BCUT2D eigenvalue weighted by atomic mass is 10.0. The summed E-state index contributed by atoms with van der Waals surface area (Å²) in [6.45, 7) is 10.5. The zero-order valence-corrected chi connectivity index (χ0v) is 11.5. The first-order valence-electron chi connectivity index (χ1n) is 6.13. The maximum absolute atomic E-state index is 11.1. The van der Waals surface area contributed by atoms with Crippen LogP contribution < -0.4 is 0 Å². The number of hydrogen-bond donors (Lipinski definition) is 0. The number of carbonyl (C=O) groups is 1. The fraction of sp³-hybridized carbons (Fsp3) is 0.267. The average Bonchev–Trinajstić information content (AvgIpc) is 2.74. The Bertz CT molecular complexity index is 641. The standard InChI is InChI=1S/C15H17N3O/c1-10(2)8-18-15(14(9-19)16-17-18)13-6-5-11(3)12(4)7-13/h5-7,9H,1,8H2,2-4H3. The zero-order chi connectivity index (χ0) is 14.0. The highest BCUT2D eigenvalue weighted by Gasteiger charge is 2.14. The van der Waals surface area contributed by atoms with E-state index in [2.05, 4.69) is 29.9 Å². The third-order valence-corrected chi connectivity index (χ3v) is 3.07. The van der Waals surface area contributed by atoms with Gasteiger partial charge in [0.15, 0.2) is 12.0 Å². The van der Waals surface area contributed by atoms with Gasteiger partial charge in [0.25, 0.3) is 0 Å². The highest BCUT2D eigenvalue weighted by atomic mass is 16.1. The second kappa shape index (κ2) is 5.18. The van der Waals surface area contributed by atoms with Crippen molar-refractivity contribution in [1.29, 1.82) is 0 Å². The van der Waals surface area contributed by atoms with Crippen LogP contribution in [-0.4, -0.2) is 21.3 Å². The Labute approximate surface area is 112 Å². The molecule has 4 heteroatoms. The summed E-state index contributed by atoms with van der Waals surface area (Å²) in [4.78, 5) is 11.1. The number of nitrogens with zero attached hydrogens (tertiary/aromatic N) is 3. The predicted molar refractivity (Wildman–Crippen MR) is 75.1 cm³/mol. The Kier molecular flexibility index (Phi) is 3.60. The second-order valence-corrected chi connectivity index (χ2v) is 4.85. The van der Waals surface area contributed by atoms with Crippen LogP contribution in [0.4, 0.5) is 0 Å². The molecule has 0 unspecified atom stereocenters. The van der Waals surface area contributed by atoms with Crippen LogP contribution >= 0.6 is 0 Å². The van der Waals surface area contributed by atoms with E-state index in [1.807, 2.05) is 26.0 Å². The van der Waals surface area contributed by atoms with E-state index in [9.17, 15) is 4.79 Å². The fourth-order valence-electron chi connectivity index (χ4n) is 1.96. The van der Waals surface area contributed by atoms with Gasteiger partial charge in [-0.3, -0.25) is 4.79 Å². The van der Waals surface area contributed by atoms with Gasteiger partial charge in [0, 0.05) is 5.56 Å². The molecule has 0 radical (unpaired) electrons. The van der Waals surface area contributed by atoms with Gasteiger partial charge in [-0.05, 0) is 38.0 Å². The van der Waals surface area contributed by atoms with Gasteiger partial charge in [-0.25, -0.2) is 4.68 Å². The molecule has 98 valence electrons. The third-order valence-electron chi connectivity index (χ3n) is 3.07. The molecule has 4 nitrogen and oxygen atoms in total. The van der Waals surface area contributed by atoms with E-state index in [-0.39, 0.29) is 0 Å². The van der Waals surface area contributed by atoms with Gasteiger partial charge >= 0.3 is 0 Å². The lowest BCUT2D eigenvalue weighted by molar-refractivity contribution is 0.111. The Balaban J connectivity index is 2.58. The molecule has 0 aliphatic rings. The summed E-state index contributed by atoms with van der Waals surface area (Å²) in [5.74, 6) is 0. The SMILES string of the molecule is C=C(C)Cn1nnc(C=O)c1-c1ccc(C)c(C)c1. The summed E-state index contributed by atoms with van der Waals surface area (Å²) in [6, 6.07) is 6.08. The van der Waals surface area contributed by atoms with E-state index < -0.39 is 0 Å². The van der Waals surface area contributed by atoms with Crippen LogP contribution in [0.1, 0.15) is 28.5 Å². The number of carbonyl (C=O) groups excluding carboxylic acids is 1. The average molecular weight is 255 g/mol. The normalized spacial score (nSPS) is 10.5. The van der Waals surface area contributed by atoms with Gasteiger partial charge in [0.2, 0.25) is 0 Å². The summed E-state index contributed by atoms with van der Waals surface area (Å²) in [5, 5.41) is 7.95. The Morgan fingerprint density at radius 1 is 1.37 bits per heavy atom. The molecular weight excluding hydrogens is 238 g/mol. The second-order valence-electron chi connectivity index (χ2n) is 4.85. The van der Waals surface area contributed by atoms with Crippen LogP contribution in [0.25, 0.3) is 11.3 Å². The molecule has 19 heavy (non-hydrogen) atoms. The Hall–Kier alpha value is -2.23. The van der Waals surface area contributed by atoms with Gasteiger partial charge < -0.3 is 0 Å². The van der Waals surface area contributed by atoms with Gasteiger partial charge in [-0.2, -0.15) is 0 Å². The number of aromatic nitrogens is 3. The van der Waals surface area contributed by atoms with Crippen LogP contribution in [0.2, 0.25) is 0 Å². The summed E-state index contributed by atoms with van der Waals surface area (Å²) >= 11 is 0. The minimum Gasteiger partial charge on any atom is -0.296 e. The summed E-state index contributed by atoms with van der Waals surface area (Å²) in [6.07, 6.45) is 0.743. The van der Waals surface area contributed by atoms with E-state index in [1.54, 1.807) is 4.68 Å². The molecule has 0 N–H and O–H groups in total. The smallest absolute Gasteiger partial charge is 0.172 e. The molecule has 0 bridgehead atoms. The van der Waals surface area contributed by atoms with Gasteiger partial charge in [-0.15, -0.1) is 5.10 Å². The van der Waals surface area contributed by atoms with Crippen molar-refractivity contribution in [3.05, 3.63) is 47.2 Å². The highest BCUT2D eigenvalue weighted by molar-refractivity contribution is 5.83. The topological polar surface area (TPSA) is 47.8 Å². The van der Waals surface area contributed by atoms with Crippen LogP contribution in [0.5, 0.6) is 0 Å². The van der Waals surface area contributed by atoms with Gasteiger partial charge in [0.1, 0.15) is 0 Å². The van der Waals surface area contributed by atoms with Gasteiger partial charge in [0.05, 0.1) is 12.2 Å². The van der Waals surface area contributed by atoms with E-state index in [4.69, 9.17) is 0 Å². The van der Waals surface area contributed by atoms with E-state index >= 15 is 0 Å². The first-order valence-corrected chi connectivity index (χ1v) is 6.13. The summed E-state index contributed by atoms with van der Waals surface area (Å²) < 4.78 is 1.72. The number of aldehydes is 1. The molecule has 0 saturated heterocycles. The Morgan fingerprint density at radius 2 is 2.11 bits per heavy atom. The lowest BCUT2D eigenvalue weighted by Gasteiger charge is -2.08. The zero-order valence-electron chi connectivity index (χ0n) is 11.5. The van der Waals surface area contributed by atoms with Crippen LogP contribution in [0.3, 0.4) is 0 Å². The van der Waals surface area contributed by atoms with Crippen molar-refractivity contribution >= 4 is 6.29 Å². The van der Waals surface area contributed by atoms with Crippen molar-refractivity contribution in [2.24, 2.45) is 0 Å². The monoisotopic (exact) mass is 255 g/mol. The van der Waals surface area contributed by atoms with Crippen LogP contribution in [0.15, 0.2) is 30.4 Å². The van der Waals surface area contributed by atoms with E-state index in [0.717, 1.165) is 23.1 Å². The predicted octanol–water partition coefficient (Wildman–Crippen LogP) is 2.95. The molecule has 0 aliphatic carbocycles. The van der Waals surface area contributed by atoms with E-state index in [1.165, 1.54) is 11.1 Å². The van der Waals surface area contributed by atoms with Crippen LogP contribution in [-0.2, 0) is 6.54 Å². The molecule has 0 amide bonds. The van der Waals surface area contributed by atoms with E-state index in [0.29, 0.717) is 12.2 Å². The molecule has 2 rings (SSSR count). The maximum Gasteiger partial charge on any atom is 0.172 e. The summed E-state index contributed by atoms with van der Waals surface area (Å²) in [7, 11) is 0. The van der Waals surface area contributed by atoms with Crippen molar-refractivity contribution in [2.45, 2.75) is 27.3 Å². The first-order chi connectivity index (χ1) is 9.02. The minimum absolute atomic E-state index is 0.365. The molecular formula is C15H17N3O. The maximum atomic E-state index is 11.1. The molecule has 1 aromatic heterocycles. The number of rotatable bonds is 4. The molecule has 0 spiro atoms. The minimum atomic E-state index is 0.365. The quantitative estimate of drug-likeness (QED) is 0.623. The number of allylic oxidation sites excluding steroid dienone is 1. The van der Waals surface area contributed by atoms with Crippen LogP contribution in [0, 0.1) is 13.8 Å².